The smallest absolute Gasteiger partial charge is 0.272 e. The van der Waals surface area contributed by atoms with E-state index in [0.717, 1.165) is 29.1 Å². The Balaban J connectivity index is 1.61. The van der Waals surface area contributed by atoms with E-state index in [0.29, 0.717) is 23.5 Å². The van der Waals surface area contributed by atoms with Crippen molar-refractivity contribution >= 4 is 5.91 Å². The molecule has 0 radical (unpaired) electrons. The van der Waals surface area contributed by atoms with Gasteiger partial charge in [0.1, 0.15) is 17.3 Å². The molecule has 1 N–H and O–H groups in total. The first-order valence-electron chi connectivity index (χ1n) is 8.67. The van der Waals surface area contributed by atoms with Crippen LogP contribution in [0.3, 0.4) is 0 Å². The highest BCUT2D eigenvalue weighted by Gasteiger charge is 2.27. The van der Waals surface area contributed by atoms with E-state index in [1.807, 2.05) is 20.9 Å². The van der Waals surface area contributed by atoms with E-state index >= 15 is 0 Å². The second-order valence-electron chi connectivity index (χ2n) is 6.80. The van der Waals surface area contributed by atoms with Crippen LogP contribution >= 0.6 is 0 Å². The number of amides is 1. The van der Waals surface area contributed by atoms with E-state index in [1.165, 1.54) is 4.90 Å². The minimum Gasteiger partial charge on any atom is -0.333 e. The van der Waals surface area contributed by atoms with Crippen molar-refractivity contribution in [3.63, 3.8) is 0 Å². The number of H-pyrrole nitrogens is 1. The van der Waals surface area contributed by atoms with Crippen molar-refractivity contribution < 1.29 is 13.6 Å². The van der Waals surface area contributed by atoms with Crippen LogP contribution in [0, 0.1) is 25.5 Å². The zero-order valence-corrected chi connectivity index (χ0v) is 15.3. The number of halogens is 2. The van der Waals surface area contributed by atoms with Crippen LogP contribution in [0.15, 0.2) is 18.2 Å². The first kappa shape index (κ1) is 17.4. The quantitative estimate of drug-likeness (QED) is 0.753. The maximum absolute atomic E-state index is 14.1. The Labute approximate surface area is 154 Å². The third-order valence-electron chi connectivity index (χ3n) is 5.16. The summed E-state index contributed by atoms with van der Waals surface area (Å²) in [4.78, 5) is 14.3. The van der Waals surface area contributed by atoms with Gasteiger partial charge in [-0.25, -0.2) is 8.78 Å². The summed E-state index contributed by atoms with van der Waals surface area (Å²) in [6, 6.07) is 3.91. The number of carbonyl (C=O) groups excluding carboxylic acids is 1. The maximum Gasteiger partial charge on any atom is 0.272 e. The first-order chi connectivity index (χ1) is 12.9. The predicted octanol–water partition coefficient (Wildman–Crippen LogP) is 2.90. The molecule has 1 aliphatic rings. The van der Waals surface area contributed by atoms with Crippen LogP contribution < -0.4 is 0 Å². The molecule has 140 valence electrons. The number of fused-ring (bicyclic) bond motifs is 1. The van der Waals surface area contributed by atoms with Crippen LogP contribution in [0.2, 0.25) is 0 Å². The summed E-state index contributed by atoms with van der Waals surface area (Å²) in [5.74, 6) is -1.21. The number of aromatic amines is 1. The van der Waals surface area contributed by atoms with Crippen molar-refractivity contribution in [2.75, 3.05) is 6.54 Å². The third-order valence-corrected chi connectivity index (χ3v) is 5.16. The van der Waals surface area contributed by atoms with Gasteiger partial charge >= 0.3 is 0 Å². The molecule has 0 spiro atoms. The number of hydrogen-bond acceptors (Lipinski definition) is 3. The lowest BCUT2D eigenvalue weighted by molar-refractivity contribution is 0.0725. The Kier molecular flexibility index (Phi) is 4.05. The lowest BCUT2D eigenvalue weighted by atomic mass is 9.98. The molecule has 2 aromatic heterocycles. The van der Waals surface area contributed by atoms with Gasteiger partial charge in [0.05, 0.1) is 11.4 Å². The summed E-state index contributed by atoms with van der Waals surface area (Å²) in [6.07, 6.45) is 0.284. The Hall–Kier alpha value is -3.03. The van der Waals surface area contributed by atoms with E-state index in [-0.39, 0.29) is 24.4 Å². The summed E-state index contributed by atoms with van der Waals surface area (Å²) >= 11 is 0. The second kappa shape index (κ2) is 6.29. The molecule has 0 unspecified atom stereocenters. The summed E-state index contributed by atoms with van der Waals surface area (Å²) in [5.41, 5.74) is 4.19. The average Bonchev–Trinajstić information content (AvgIpc) is 3.22. The summed E-state index contributed by atoms with van der Waals surface area (Å²) in [5, 5.41) is 11.4. The lowest BCUT2D eigenvalue weighted by Gasteiger charge is -2.28. The Morgan fingerprint density at radius 1 is 1.19 bits per heavy atom. The molecule has 1 aromatic carbocycles. The predicted molar refractivity (Wildman–Crippen MR) is 95.1 cm³/mol. The molecule has 0 bridgehead atoms. The number of benzene rings is 1. The van der Waals surface area contributed by atoms with Gasteiger partial charge in [0.2, 0.25) is 0 Å². The zero-order valence-electron chi connectivity index (χ0n) is 15.3. The molecular formula is C19H19F2N5O. The number of hydrogen-bond donors (Lipinski definition) is 1. The lowest BCUT2D eigenvalue weighted by Crippen LogP contribution is -2.37. The van der Waals surface area contributed by atoms with E-state index in [2.05, 4.69) is 15.3 Å². The molecule has 27 heavy (non-hydrogen) atoms. The van der Waals surface area contributed by atoms with Gasteiger partial charge in [-0.1, -0.05) is 0 Å². The first-order valence-corrected chi connectivity index (χ1v) is 8.67. The van der Waals surface area contributed by atoms with E-state index in [1.54, 1.807) is 10.7 Å². The fourth-order valence-corrected chi connectivity index (χ4v) is 3.64. The van der Waals surface area contributed by atoms with Crippen LogP contribution in [0.5, 0.6) is 0 Å². The van der Waals surface area contributed by atoms with Gasteiger partial charge in [0.25, 0.3) is 5.91 Å². The molecule has 3 aromatic rings. The molecule has 0 atom stereocenters. The number of nitrogens with one attached hydrogen (secondary N) is 1. The maximum atomic E-state index is 14.1. The van der Waals surface area contributed by atoms with Gasteiger partial charge in [-0.05, 0) is 44.0 Å². The van der Waals surface area contributed by atoms with Gasteiger partial charge in [-0.2, -0.15) is 10.2 Å². The van der Waals surface area contributed by atoms with Crippen LogP contribution in [0.4, 0.5) is 8.78 Å². The van der Waals surface area contributed by atoms with Crippen LogP contribution in [-0.4, -0.2) is 37.3 Å². The molecular weight excluding hydrogens is 352 g/mol. The number of aryl methyl sites for hydroxylation is 2. The van der Waals surface area contributed by atoms with Gasteiger partial charge in [0, 0.05) is 37.0 Å². The van der Waals surface area contributed by atoms with Crippen molar-refractivity contribution in [3.05, 3.63) is 58.0 Å². The Morgan fingerprint density at radius 2 is 1.89 bits per heavy atom. The van der Waals surface area contributed by atoms with Gasteiger partial charge < -0.3 is 4.90 Å². The van der Waals surface area contributed by atoms with Crippen LogP contribution in [-0.2, 0) is 20.0 Å². The van der Waals surface area contributed by atoms with Gasteiger partial charge in [0.15, 0.2) is 0 Å². The molecule has 1 aliphatic heterocycles. The number of nitrogens with zero attached hydrogens (tertiary/aromatic N) is 4. The summed E-state index contributed by atoms with van der Waals surface area (Å²) in [7, 11) is 1.85. The fraction of sp³-hybridized carbons (Fsp3) is 0.316. The monoisotopic (exact) mass is 371 g/mol. The molecule has 0 saturated heterocycles. The highest BCUT2D eigenvalue weighted by atomic mass is 19.1. The van der Waals surface area contributed by atoms with Crippen LogP contribution in [0.1, 0.15) is 33.0 Å². The summed E-state index contributed by atoms with van der Waals surface area (Å²) < 4.78 is 29.7. The van der Waals surface area contributed by atoms with Crippen molar-refractivity contribution in [1.82, 2.24) is 24.9 Å². The van der Waals surface area contributed by atoms with Crippen molar-refractivity contribution in [1.29, 1.82) is 0 Å². The Bertz CT molecular complexity index is 1050. The van der Waals surface area contributed by atoms with Crippen molar-refractivity contribution in [2.24, 2.45) is 7.05 Å². The molecule has 8 heteroatoms. The molecule has 4 rings (SSSR count). The fourth-order valence-electron chi connectivity index (χ4n) is 3.64. The molecule has 3 heterocycles. The largest absolute Gasteiger partial charge is 0.333 e. The van der Waals surface area contributed by atoms with Crippen molar-refractivity contribution in [3.8, 4) is 11.3 Å². The normalized spacial score (nSPS) is 13.7. The number of aromatic nitrogens is 4. The van der Waals surface area contributed by atoms with E-state index in [9.17, 15) is 13.6 Å². The number of carbonyl (C=O) groups is 1. The topological polar surface area (TPSA) is 66.8 Å². The average molecular weight is 371 g/mol. The van der Waals surface area contributed by atoms with Gasteiger partial charge in [-0.15, -0.1) is 0 Å². The second-order valence-corrected chi connectivity index (χ2v) is 6.80. The SMILES string of the molecule is Cc1nn(C)c(C)c1-c1cc(C(=O)N2CCc3c(F)ccc(F)c3C2)[nH]n1. The highest BCUT2D eigenvalue weighted by molar-refractivity contribution is 5.93. The van der Waals surface area contributed by atoms with Crippen molar-refractivity contribution in [2.45, 2.75) is 26.8 Å². The molecule has 1 amide bonds. The van der Waals surface area contributed by atoms with Crippen LogP contribution in [0.25, 0.3) is 11.3 Å². The standard InChI is InChI=1S/C19H19F2N5O/c1-10-18(11(2)25(3)24-10)16-8-17(23-22-16)19(27)26-7-6-12-13(9-26)15(21)5-4-14(12)20/h4-5,8H,6-7,9H2,1-3H3,(H,22,23). The van der Waals surface area contributed by atoms with Gasteiger partial charge in [-0.3, -0.25) is 14.6 Å². The molecule has 0 saturated carbocycles. The highest BCUT2D eigenvalue weighted by Crippen LogP contribution is 2.28. The summed E-state index contributed by atoms with van der Waals surface area (Å²) in [6.45, 7) is 4.18. The Morgan fingerprint density at radius 3 is 2.56 bits per heavy atom. The van der Waals surface area contributed by atoms with E-state index in [4.69, 9.17) is 0 Å². The molecule has 0 aliphatic carbocycles. The molecule has 0 fully saturated rings. The third kappa shape index (κ3) is 2.81. The minimum atomic E-state index is -0.490. The molecule has 6 nitrogen and oxygen atoms in total. The number of rotatable bonds is 2. The minimum absolute atomic E-state index is 0.0388. The van der Waals surface area contributed by atoms with E-state index < -0.39 is 11.6 Å². The zero-order chi connectivity index (χ0) is 19.3.